The molecule has 0 bridgehead atoms. The van der Waals surface area contributed by atoms with Gasteiger partial charge >= 0.3 is 0 Å². The standard InChI is InChI=1S/C10H7Cl2FN2/c11-6-7-3-4-15(14-7)8-1-2-10(13)9(12)5-8/h1-5H,6H2. The Hall–Kier alpha value is -1.06. The Kier molecular flexibility index (Phi) is 2.93. The number of hydrogen-bond donors (Lipinski definition) is 0. The molecule has 1 aromatic heterocycles. The van der Waals surface area contributed by atoms with E-state index in [1.54, 1.807) is 23.0 Å². The highest BCUT2D eigenvalue weighted by Crippen LogP contribution is 2.18. The van der Waals surface area contributed by atoms with Crippen molar-refractivity contribution < 1.29 is 4.39 Å². The Labute approximate surface area is 96.2 Å². The van der Waals surface area contributed by atoms with E-state index in [-0.39, 0.29) is 5.02 Å². The lowest BCUT2D eigenvalue weighted by atomic mass is 10.3. The lowest BCUT2D eigenvalue weighted by Gasteiger charge is -2.02. The van der Waals surface area contributed by atoms with Crippen molar-refractivity contribution in [3.8, 4) is 5.69 Å². The Bertz CT molecular complexity index is 482. The molecule has 0 saturated heterocycles. The third-order valence-corrected chi connectivity index (χ3v) is 2.51. The van der Waals surface area contributed by atoms with Gasteiger partial charge in [0.1, 0.15) is 5.82 Å². The molecule has 5 heteroatoms. The van der Waals surface area contributed by atoms with E-state index in [1.165, 1.54) is 12.1 Å². The molecule has 0 amide bonds. The Morgan fingerprint density at radius 3 is 2.73 bits per heavy atom. The molecular formula is C10H7Cl2FN2. The summed E-state index contributed by atoms with van der Waals surface area (Å²) in [5, 5.41) is 4.25. The molecule has 15 heavy (non-hydrogen) atoms. The summed E-state index contributed by atoms with van der Waals surface area (Å²) in [5.74, 6) is -0.0906. The Morgan fingerprint density at radius 2 is 2.13 bits per heavy atom. The minimum absolute atomic E-state index is 0.0791. The van der Waals surface area contributed by atoms with Crippen LogP contribution in [0.5, 0.6) is 0 Å². The second-order valence-electron chi connectivity index (χ2n) is 2.98. The third kappa shape index (κ3) is 2.13. The number of halogens is 3. The minimum atomic E-state index is -0.440. The van der Waals surface area contributed by atoms with E-state index in [2.05, 4.69) is 5.10 Å². The molecular weight excluding hydrogens is 238 g/mol. The molecule has 0 aliphatic rings. The highest BCUT2D eigenvalue weighted by atomic mass is 35.5. The second kappa shape index (κ2) is 4.21. The molecule has 0 unspecified atom stereocenters. The van der Waals surface area contributed by atoms with Crippen LogP contribution in [0.2, 0.25) is 5.02 Å². The monoisotopic (exact) mass is 244 g/mol. The SMILES string of the molecule is Fc1ccc(-n2ccc(CCl)n2)cc1Cl. The zero-order valence-electron chi connectivity index (χ0n) is 7.62. The van der Waals surface area contributed by atoms with Crippen LogP contribution in [0, 0.1) is 5.82 Å². The van der Waals surface area contributed by atoms with Crippen molar-refractivity contribution in [2.75, 3.05) is 0 Å². The van der Waals surface area contributed by atoms with Crippen LogP contribution >= 0.6 is 23.2 Å². The maximum Gasteiger partial charge on any atom is 0.141 e. The van der Waals surface area contributed by atoms with Gasteiger partial charge in [-0.15, -0.1) is 11.6 Å². The van der Waals surface area contributed by atoms with Gasteiger partial charge in [-0.05, 0) is 24.3 Å². The molecule has 0 aliphatic carbocycles. The van der Waals surface area contributed by atoms with Gasteiger partial charge in [0.05, 0.1) is 22.3 Å². The van der Waals surface area contributed by atoms with Gasteiger partial charge in [-0.25, -0.2) is 9.07 Å². The second-order valence-corrected chi connectivity index (χ2v) is 3.66. The van der Waals surface area contributed by atoms with Gasteiger partial charge in [-0.2, -0.15) is 5.10 Å². The first-order chi connectivity index (χ1) is 7.20. The van der Waals surface area contributed by atoms with Crippen LogP contribution in [0.25, 0.3) is 5.69 Å². The van der Waals surface area contributed by atoms with Crippen molar-refractivity contribution in [1.82, 2.24) is 9.78 Å². The molecule has 0 fully saturated rings. The number of hydrogen-bond acceptors (Lipinski definition) is 1. The number of benzene rings is 1. The first-order valence-corrected chi connectivity index (χ1v) is 5.18. The lowest BCUT2D eigenvalue weighted by Crippen LogP contribution is -1.96. The molecule has 0 spiro atoms. The molecule has 0 N–H and O–H groups in total. The molecule has 1 aromatic carbocycles. The Balaban J connectivity index is 2.40. The van der Waals surface area contributed by atoms with Crippen LogP contribution in [-0.2, 0) is 5.88 Å². The highest BCUT2D eigenvalue weighted by molar-refractivity contribution is 6.30. The Morgan fingerprint density at radius 1 is 1.33 bits per heavy atom. The van der Waals surface area contributed by atoms with Crippen LogP contribution in [0.1, 0.15) is 5.69 Å². The average molecular weight is 245 g/mol. The van der Waals surface area contributed by atoms with Crippen molar-refractivity contribution in [1.29, 1.82) is 0 Å². The largest absolute Gasteiger partial charge is 0.241 e. The average Bonchev–Trinajstić information content (AvgIpc) is 2.70. The molecule has 0 saturated carbocycles. The summed E-state index contributed by atoms with van der Waals surface area (Å²) in [6.45, 7) is 0. The van der Waals surface area contributed by atoms with Gasteiger partial charge in [0.15, 0.2) is 0 Å². The lowest BCUT2D eigenvalue weighted by molar-refractivity contribution is 0.627. The third-order valence-electron chi connectivity index (χ3n) is 1.95. The molecule has 78 valence electrons. The van der Waals surface area contributed by atoms with E-state index in [4.69, 9.17) is 23.2 Å². The zero-order valence-corrected chi connectivity index (χ0v) is 9.13. The van der Waals surface area contributed by atoms with Crippen LogP contribution in [0.4, 0.5) is 4.39 Å². The summed E-state index contributed by atoms with van der Waals surface area (Å²) in [4.78, 5) is 0. The van der Waals surface area contributed by atoms with Crippen molar-refractivity contribution in [2.45, 2.75) is 5.88 Å². The van der Waals surface area contributed by atoms with Crippen LogP contribution in [0.3, 0.4) is 0 Å². The first kappa shape index (κ1) is 10.5. The fourth-order valence-electron chi connectivity index (χ4n) is 1.20. The van der Waals surface area contributed by atoms with Gasteiger partial charge in [0, 0.05) is 6.20 Å². The van der Waals surface area contributed by atoms with E-state index in [9.17, 15) is 4.39 Å². The predicted octanol–water partition coefficient (Wildman–Crippen LogP) is 3.40. The quantitative estimate of drug-likeness (QED) is 0.741. The van der Waals surface area contributed by atoms with Gasteiger partial charge in [-0.3, -0.25) is 0 Å². The zero-order chi connectivity index (χ0) is 10.8. The van der Waals surface area contributed by atoms with E-state index in [1.807, 2.05) is 0 Å². The molecule has 2 nitrogen and oxygen atoms in total. The number of nitrogens with zero attached hydrogens (tertiary/aromatic N) is 2. The van der Waals surface area contributed by atoms with Crippen molar-refractivity contribution in [3.63, 3.8) is 0 Å². The summed E-state index contributed by atoms with van der Waals surface area (Å²) in [6.07, 6.45) is 1.75. The maximum atomic E-state index is 12.9. The normalized spacial score (nSPS) is 10.6. The number of aromatic nitrogens is 2. The summed E-state index contributed by atoms with van der Waals surface area (Å²) < 4.78 is 14.5. The van der Waals surface area contributed by atoms with Crippen LogP contribution in [0.15, 0.2) is 30.5 Å². The minimum Gasteiger partial charge on any atom is -0.241 e. The van der Waals surface area contributed by atoms with Crippen LogP contribution < -0.4 is 0 Å². The summed E-state index contributed by atoms with van der Waals surface area (Å²) in [7, 11) is 0. The molecule has 2 rings (SSSR count). The molecule has 0 atom stereocenters. The van der Waals surface area contributed by atoms with Crippen molar-refractivity contribution >= 4 is 23.2 Å². The summed E-state index contributed by atoms with van der Waals surface area (Å²) in [6, 6.07) is 6.22. The van der Waals surface area contributed by atoms with Gasteiger partial charge < -0.3 is 0 Å². The van der Waals surface area contributed by atoms with E-state index in [0.29, 0.717) is 11.6 Å². The molecule has 0 aliphatic heterocycles. The molecule has 1 heterocycles. The summed E-state index contributed by atoms with van der Waals surface area (Å²) in [5.41, 5.74) is 1.47. The number of rotatable bonds is 2. The van der Waals surface area contributed by atoms with Crippen molar-refractivity contribution in [3.05, 3.63) is 47.0 Å². The fourth-order valence-corrected chi connectivity index (χ4v) is 1.52. The smallest absolute Gasteiger partial charge is 0.141 e. The van der Waals surface area contributed by atoms with Gasteiger partial charge in [-0.1, -0.05) is 11.6 Å². The summed E-state index contributed by atoms with van der Waals surface area (Å²) >= 11 is 11.3. The van der Waals surface area contributed by atoms with E-state index >= 15 is 0 Å². The van der Waals surface area contributed by atoms with Crippen LogP contribution in [-0.4, -0.2) is 9.78 Å². The fraction of sp³-hybridized carbons (Fsp3) is 0.100. The molecule has 2 aromatic rings. The number of alkyl halides is 1. The van der Waals surface area contributed by atoms with E-state index < -0.39 is 5.82 Å². The predicted molar refractivity (Wildman–Crippen MR) is 58.1 cm³/mol. The maximum absolute atomic E-state index is 12.9. The van der Waals surface area contributed by atoms with Gasteiger partial charge in [0.2, 0.25) is 0 Å². The van der Waals surface area contributed by atoms with Crippen molar-refractivity contribution in [2.24, 2.45) is 0 Å². The molecule has 0 radical (unpaired) electrons. The van der Waals surface area contributed by atoms with E-state index in [0.717, 1.165) is 5.69 Å². The first-order valence-electron chi connectivity index (χ1n) is 4.26. The van der Waals surface area contributed by atoms with Gasteiger partial charge in [0.25, 0.3) is 0 Å². The topological polar surface area (TPSA) is 17.8 Å². The highest BCUT2D eigenvalue weighted by Gasteiger charge is 2.04.